The summed E-state index contributed by atoms with van der Waals surface area (Å²) in [5, 5.41) is 3.13. The molecule has 0 heterocycles. The van der Waals surface area contributed by atoms with Gasteiger partial charge in [-0.25, -0.2) is 0 Å². The molecule has 2 rings (SSSR count). The van der Waals surface area contributed by atoms with Crippen molar-refractivity contribution in [2.75, 3.05) is 34.3 Å². The van der Waals surface area contributed by atoms with Crippen LogP contribution >= 0.6 is 24.8 Å². The number of hydrogen-bond donors (Lipinski definition) is 2. The Kier molecular flexibility index (Phi) is 12.0. The Hall–Kier alpha value is -1.01. The molecule has 1 aliphatic rings. The van der Waals surface area contributed by atoms with Crippen LogP contribution in [-0.4, -0.2) is 45.1 Å². The predicted octanol–water partition coefficient (Wildman–Crippen LogP) is 3.56. The van der Waals surface area contributed by atoms with Crippen molar-refractivity contribution in [1.82, 2.24) is 10.2 Å². The third-order valence-electron chi connectivity index (χ3n) is 5.48. The van der Waals surface area contributed by atoms with E-state index >= 15 is 0 Å². The maximum absolute atomic E-state index is 12.5. The standard InChI is InChI=1S/C20H33N3O2.2ClH/c1-23(2)18(16-8-7-9-17(12-16)25-3)14-22-19(24)13-20(15-21)10-5-4-6-11-20;;/h7-9,12,18H,4-6,10-11,13-15,21H2,1-3H3,(H,22,24);2*1H. The molecule has 7 heteroatoms. The third-order valence-corrected chi connectivity index (χ3v) is 5.48. The lowest BCUT2D eigenvalue weighted by atomic mass is 9.71. The SMILES string of the molecule is COc1cccc(C(CNC(=O)CC2(CN)CCCCC2)N(C)C)c1.Cl.Cl. The molecule has 1 unspecified atom stereocenters. The van der Waals surface area contributed by atoms with Gasteiger partial charge < -0.3 is 20.7 Å². The van der Waals surface area contributed by atoms with Gasteiger partial charge in [0.1, 0.15) is 5.75 Å². The summed E-state index contributed by atoms with van der Waals surface area (Å²) in [4.78, 5) is 14.7. The molecular formula is C20H35Cl2N3O2. The number of methoxy groups -OCH3 is 1. The second-order valence-corrected chi connectivity index (χ2v) is 7.50. The summed E-state index contributed by atoms with van der Waals surface area (Å²) in [7, 11) is 5.72. The zero-order valence-corrected chi connectivity index (χ0v) is 18.3. The highest BCUT2D eigenvalue weighted by Gasteiger charge is 2.33. The molecule has 0 spiro atoms. The molecule has 0 saturated heterocycles. The molecular weight excluding hydrogens is 385 g/mol. The average Bonchev–Trinajstić information content (AvgIpc) is 2.62. The highest BCUT2D eigenvalue weighted by atomic mass is 35.5. The van der Waals surface area contributed by atoms with E-state index in [2.05, 4.69) is 16.3 Å². The second-order valence-electron chi connectivity index (χ2n) is 7.50. The zero-order valence-electron chi connectivity index (χ0n) is 16.7. The number of nitrogens with zero attached hydrogens (tertiary/aromatic N) is 1. The van der Waals surface area contributed by atoms with Gasteiger partial charge in [-0.2, -0.15) is 0 Å². The fraction of sp³-hybridized carbons (Fsp3) is 0.650. The average molecular weight is 420 g/mol. The van der Waals surface area contributed by atoms with Crippen LogP contribution in [0, 0.1) is 5.41 Å². The summed E-state index contributed by atoms with van der Waals surface area (Å²) >= 11 is 0. The molecule has 156 valence electrons. The van der Waals surface area contributed by atoms with Crippen LogP contribution in [0.4, 0.5) is 0 Å². The summed E-state index contributed by atoms with van der Waals surface area (Å²) in [5.41, 5.74) is 7.15. The maximum atomic E-state index is 12.5. The van der Waals surface area contributed by atoms with Gasteiger partial charge in [0.05, 0.1) is 13.2 Å². The number of nitrogens with one attached hydrogen (secondary N) is 1. The fourth-order valence-corrected chi connectivity index (χ4v) is 3.82. The van der Waals surface area contributed by atoms with E-state index in [1.165, 1.54) is 19.3 Å². The van der Waals surface area contributed by atoms with Crippen LogP contribution in [0.25, 0.3) is 0 Å². The Labute approximate surface area is 176 Å². The third kappa shape index (κ3) is 7.49. The number of likely N-dealkylation sites (N-methyl/N-ethyl adjacent to an activating group) is 1. The molecule has 27 heavy (non-hydrogen) atoms. The quantitative estimate of drug-likeness (QED) is 0.675. The smallest absolute Gasteiger partial charge is 0.220 e. The van der Waals surface area contributed by atoms with Crippen molar-refractivity contribution in [3.8, 4) is 5.75 Å². The Morgan fingerprint density at radius 3 is 2.48 bits per heavy atom. The Bertz CT molecular complexity index is 564. The highest BCUT2D eigenvalue weighted by molar-refractivity contribution is 5.85. The number of benzene rings is 1. The van der Waals surface area contributed by atoms with E-state index in [4.69, 9.17) is 10.5 Å². The van der Waals surface area contributed by atoms with Crippen LogP contribution in [0.5, 0.6) is 5.75 Å². The molecule has 0 aliphatic heterocycles. The number of amides is 1. The number of nitrogens with two attached hydrogens (primary N) is 1. The van der Waals surface area contributed by atoms with Crippen molar-refractivity contribution in [3.05, 3.63) is 29.8 Å². The minimum Gasteiger partial charge on any atom is -0.497 e. The van der Waals surface area contributed by atoms with E-state index in [-0.39, 0.29) is 42.2 Å². The monoisotopic (exact) mass is 419 g/mol. The molecule has 0 radical (unpaired) electrons. The van der Waals surface area contributed by atoms with Crippen LogP contribution in [0.3, 0.4) is 0 Å². The lowest BCUT2D eigenvalue weighted by Crippen LogP contribution is -2.41. The lowest BCUT2D eigenvalue weighted by molar-refractivity contribution is -0.124. The maximum Gasteiger partial charge on any atom is 0.220 e. The molecule has 0 aromatic heterocycles. The minimum atomic E-state index is 0. The zero-order chi connectivity index (χ0) is 18.3. The van der Waals surface area contributed by atoms with Gasteiger partial charge in [0.2, 0.25) is 5.91 Å². The predicted molar refractivity (Wildman–Crippen MR) is 116 cm³/mol. The molecule has 1 aromatic carbocycles. The van der Waals surface area contributed by atoms with E-state index in [1.54, 1.807) is 7.11 Å². The molecule has 3 N–H and O–H groups in total. The Morgan fingerprint density at radius 2 is 1.93 bits per heavy atom. The summed E-state index contributed by atoms with van der Waals surface area (Å²) in [6, 6.07) is 8.13. The van der Waals surface area contributed by atoms with Gasteiger partial charge in [0.15, 0.2) is 0 Å². The normalized spacial score (nSPS) is 16.6. The van der Waals surface area contributed by atoms with Gasteiger partial charge in [-0.05, 0) is 56.6 Å². The summed E-state index contributed by atoms with van der Waals surface area (Å²) < 4.78 is 5.32. The largest absolute Gasteiger partial charge is 0.497 e. The molecule has 0 bridgehead atoms. The summed E-state index contributed by atoms with van der Waals surface area (Å²) in [5.74, 6) is 0.946. The summed E-state index contributed by atoms with van der Waals surface area (Å²) in [6.45, 7) is 1.19. The van der Waals surface area contributed by atoms with Crippen LogP contribution in [0.1, 0.15) is 50.1 Å². The van der Waals surface area contributed by atoms with Crippen molar-refractivity contribution >= 4 is 30.7 Å². The molecule has 1 amide bonds. The fourth-order valence-electron chi connectivity index (χ4n) is 3.82. The molecule has 1 atom stereocenters. The number of rotatable bonds is 8. The lowest BCUT2D eigenvalue weighted by Gasteiger charge is -2.36. The topological polar surface area (TPSA) is 67.6 Å². The van der Waals surface area contributed by atoms with E-state index in [1.807, 2.05) is 32.3 Å². The van der Waals surface area contributed by atoms with Gasteiger partial charge in [0, 0.05) is 13.0 Å². The molecule has 1 saturated carbocycles. The minimum absolute atomic E-state index is 0. The van der Waals surface area contributed by atoms with Gasteiger partial charge in [0.25, 0.3) is 0 Å². The van der Waals surface area contributed by atoms with Crippen molar-refractivity contribution in [2.24, 2.45) is 11.1 Å². The van der Waals surface area contributed by atoms with Crippen molar-refractivity contribution in [2.45, 2.75) is 44.6 Å². The molecule has 1 aromatic rings. The first-order valence-electron chi connectivity index (χ1n) is 9.27. The molecule has 1 aliphatic carbocycles. The number of carbonyl (C=O) groups excluding carboxylic acids is 1. The van der Waals surface area contributed by atoms with Crippen LogP contribution in [0.2, 0.25) is 0 Å². The highest BCUT2D eigenvalue weighted by Crippen LogP contribution is 2.38. The Morgan fingerprint density at radius 1 is 1.26 bits per heavy atom. The summed E-state index contributed by atoms with van der Waals surface area (Å²) in [6.07, 6.45) is 6.33. The number of halogens is 2. The first kappa shape index (κ1) is 26.0. The van der Waals surface area contributed by atoms with Crippen LogP contribution in [0.15, 0.2) is 24.3 Å². The molecule has 1 fully saturated rings. The second kappa shape index (κ2) is 12.4. The molecule has 5 nitrogen and oxygen atoms in total. The van der Waals surface area contributed by atoms with E-state index in [0.717, 1.165) is 24.2 Å². The van der Waals surface area contributed by atoms with Crippen LogP contribution in [-0.2, 0) is 4.79 Å². The van der Waals surface area contributed by atoms with E-state index in [9.17, 15) is 4.79 Å². The van der Waals surface area contributed by atoms with E-state index in [0.29, 0.717) is 19.5 Å². The Balaban J connectivity index is 0.00000338. The van der Waals surface area contributed by atoms with Crippen LogP contribution < -0.4 is 15.8 Å². The number of carbonyl (C=O) groups is 1. The van der Waals surface area contributed by atoms with Gasteiger partial charge in [-0.15, -0.1) is 24.8 Å². The van der Waals surface area contributed by atoms with Gasteiger partial charge >= 0.3 is 0 Å². The first-order chi connectivity index (χ1) is 12.0. The van der Waals surface area contributed by atoms with Crippen molar-refractivity contribution < 1.29 is 9.53 Å². The van der Waals surface area contributed by atoms with Crippen molar-refractivity contribution in [3.63, 3.8) is 0 Å². The number of ether oxygens (including phenoxy) is 1. The van der Waals surface area contributed by atoms with E-state index < -0.39 is 0 Å². The van der Waals surface area contributed by atoms with Gasteiger partial charge in [-0.1, -0.05) is 31.4 Å². The van der Waals surface area contributed by atoms with Crippen molar-refractivity contribution in [1.29, 1.82) is 0 Å². The van der Waals surface area contributed by atoms with Gasteiger partial charge in [-0.3, -0.25) is 4.79 Å². The first-order valence-corrected chi connectivity index (χ1v) is 9.27. The number of hydrogen-bond acceptors (Lipinski definition) is 4.